The molecule has 2 aliphatic heterocycles. The van der Waals surface area contributed by atoms with E-state index in [1.54, 1.807) is 24.0 Å². The number of nitrogens with one attached hydrogen (secondary N) is 1. The number of rotatable bonds is 4. The van der Waals surface area contributed by atoms with Gasteiger partial charge in [0.25, 0.3) is 0 Å². The van der Waals surface area contributed by atoms with E-state index in [0.717, 1.165) is 0 Å². The predicted molar refractivity (Wildman–Crippen MR) is 96.6 cm³/mol. The van der Waals surface area contributed by atoms with Crippen molar-refractivity contribution in [3.05, 3.63) is 30.1 Å². The molecule has 0 aliphatic carbocycles. The first kappa shape index (κ1) is 19.1. The van der Waals surface area contributed by atoms with Gasteiger partial charge in [-0.2, -0.15) is 0 Å². The molecule has 3 amide bonds. The van der Waals surface area contributed by atoms with E-state index in [2.05, 4.69) is 5.32 Å². The van der Waals surface area contributed by atoms with Crippen molar-refractivity contribution in [3.8, 4) is 0 Å². The van der Waals surface area contributed by atoms with Gasteiger partial charge in [0.05, 0.1) is 18.6 Å². The average molecular weight is 377 g/mol. The highest BCUT2D eigenvalue weighted by molar-refractivity contribution is 5.96. The van der Waals surface area contributed by atoms with E-state index in [1.165, 1.54) is 17.0 Å². The Hall–Kier alpha value is -2.64. The molecule has 2 fully saturated rings. The van der Waals surface area contributed by atoms with Crippen LogP contribution in [0.1, 0.15) is 26.2 Å². The molecule has 0 saturated carbocycles. The van der Waals surface area contributed by atoms with Gasteiger partial charge in [0.1, 0.15) is 5.82 Å². The number of nitrogens with zero attached hydrogens (tertiary/aromatic N) is 2. The molecule has 3 rings (SSSR count). The first-order chi connectivity index (χ1) is 13.0. The number of amides is 3. The lowest BCUT2D eigenvalue weighted by molar-refractivity contribution is -0.149. The largest absolute Gasteiger partial charge is 0.466 e. The lowest BCUT2D eigenvalue weighted by Crippen LogP contribution is -2.49. The Labute approximate surface area is 157 Å². The Kier molecular flexibility index (Phi) is 5.93. The third-order valence-electron chi connectivity index (χ3n) is 4.97. The van der Waals surface area contributed by atoms with Crippen LogP contribution in [0.5, 0.6) is 0 Å². The van der Waals surface area contributed by atoms with Crippen molar-refractivity contribution < 1.29 is 23.5 Å². The minimum atomic E-state index is -0.405. The molecule has 0 spiro atoms. The Morgan fingerprint density at radius 2 is 2.04 bits per heavy atom. The number of urea groups is 1. The standard InChI is InChI=1S/C19H24FN3O4/c1-2-27-18(25)13-6-8-22(9-7-13)19(26)21-15-11-17(24)23(12-15)16-5-3-4-14(20)10-16/h3-5,10,13,15H,2,6-9,11-12H2,1H3,(H,21,26)/t15-/m1/s1. The molecule has 2 heterocycles. The fraction of sp³-hybridized carbons (Fsp3) is 0.526. The van der Waals surface area contributed by atoms with E-state index >= 15 is 0 Å². The van der Waals surface area contributed by atoms with E-state index in [9.17, 15) is 18.8 Å². The maximum Gasteiger partial charge on any atom is 0.317 e. The zero-order valence-electron chi connectivity index (χ0n) is 15.3. The molecule has 1 atom stereocenters. The minimum Gasteiger partial charge on any atom is -0.466 e. The summed E-state index contributed by atoms with van der Waals surface area (Å²) in [6.07, 6.45) is 1.33. The number of anilines is 1. The van der Waals surface area contributed by atoms with Gasteiger partial charge in [0.15, 0.2) is 0 Å². The van der Waals surface area contributed by atoms with Crippen LogP contribution < -0.4 is 10.2 Å². The molecule has 0 bridgehead atoms. The number of piperidine rings is 1. The SMILES string of the molecule is CCOC(=O)C1CCN(C(=O)N[C@@H]2CC(=O)N(c3cccc(F)c3)C2)CC1. The molecule has 2 saturated heterocycles. The van der Waals surface area contributed by atoms with Crippen molar-refractivity contribution >= 4 is 23.6 Å². The van der Waals surface area contributed by atoms with Crippen molar-refractivity contribution in [3.63, 3.8) is 0 Å². The number of ether oxygens (including phenoxy) is 1. The Bertz CT molecular complexity index is 719. The Morgan fingerprint density at radius 1 is 1.30 bits per heavy atom. The third kappa shape index (κ3) is 4.56. The second-order valence-electron chi connectivity index (χ2n) is 6.85. The van der Waals surface area contributed by atoms with Crippen LogP contribution in [0.3, 0.4) is 0 Å². The third-order valence-corrected chi connectivity index (χ3v) is 4.97. The summed E-state index contributed by atoms with van der Waals surface area (Å²) < 4.78 is 18.4. The predicted octanol–water partition coefficient (Wildman–Crippen LogP) is 1.92. The Balaban J connectivity index is 1.51. The Morgan fingerprint density at radius 3 is 2.70 bits per heavy atom. The number of hydrogen-bond donors (Lipinski definition) is 1. The van der Waals surface area contributed by atoms with Crippen LogP contribution >= 0.6 is 0 Å². The number of hydrogen-bond acceptors (Lipinski definition) is 4. The van der Waals surface area contributed by atoms with Crippen molar-refractivity contribution in [1.29, 1.82) is 0 Å². The average Bonchev–Trinajstić information content (AvgIpc) is 3.02. The van der Waals surface area contributed by atoms with Crippen LogP contribution in [-0.2, 0) is 14.3 Å². The quantitative estimate of drug-likeness (QED) is 0.813. The van der Waals surface area contributed by atoms with E-state index in [0.29, 0.717) is 44.8 Å². The fourth-order valence-corrected chi connectivity index (χ4v) is 3.54. The van der Waals surface area contributed by atoms with Crippen molar-refractivity contribution in [2.75, 3.05) is 31.1 Å². The summed E-state index contributed by atoms with van der Waals surface area (Å²) >= 11 is 0. The van der Waals surface area contributed by atoms with Gasteiger partial charge in [-0.3, -0.25) is 9.59 Å². The summed E-state index contributed by atoms with van der Waals surface area (Å²) in [5.74, 6) is -0.917. The van der Waals surface area contributed by atoms with Crippen molar-refractivity contribution in [1.82, 2.24) is 10.2 Å². The molecule has 8 heteroatoms. The van der Waals surface area contributed by atoms with E-state index in [4.69, 9.17) is 4.74 Å². The van der Waals surface area contributed by atoms with Crippen LogP contribution in [0, 0.1) is 11.7 Å². The summed E-state index contributed by atoms with van der Waals surface area (Å²) in [7, 11) is 0. The van der Waals surface area contributed by atoms with Crippen molar-refractivity contribution in [2.24, 2.45) is 5.92 Å². The monoisotopic (exact) mass is 377 g/mol. The van der Waals surface area contributed by atoms with Gasteiger partial charge >= 0.3 is 12.0 Å². The highest BCUT2D eigenvalue weighted by atomic mass is 19.1. The first-order valence-electron chi connectivity index (χ1n) is 9.26. The molecule has 1 N–H and O–H groups in total. The van der Waals surface area contributed by atoms with E-state index in [-0.39, 0.29) is 36.3 Å². The van der Waals surface area contributed by atoms with Crippen molar-refractivity contribution in [2.45, 2.75) is 32.2 Å². The topological polar surface area (TPSA) is 79.0 Å². The molecule has 1 aromatic rings. The van der Waals surface area contributed by atoms with Crippen LogP contribution in [0.25, 0.3) is 0 Å². The maximum atomic E-state index is 13.4. The first-order valence-corrected chi connectivity index (χ1v) is 9.26. The zero-order chi connectivity index (χ0) is 19.4. The molecule has 146 valence electrons. The summed E-state index contributed by atoms with van der Waals surface area (Å²) in [5, 5.41) is 2.88. The van der Waals surface area contributed by atoms with Gasteiger partial charge in [-0.15, -0.1) is 0 Å². The fourth-order valence-electron chi connectivity index (χ4n) is 3.54. The lowest BCUT2D eigenvalue weighted by atomic mass is 9.97. The van der Waals surface area contributed by atoms with Gasteiger partial charge < -0.3 is 19.9 Å². The van der Waals surface area contributed by atoms with Crippen LogP contribution in [-0.4, -0.2) is 55.1 Å². The molecule has 27 heavy (non-hydrogen) atoms. The summed E-state index contributed by atoms with van der Waals surface area (Å²) in [6, 6.07) is 5.29. The molecule has 1 aromatic carbocycles. The maximum absolute atomic E-state index is 13.4. The van der Waals surface area contributed by atoms with Gasteiger partial charge in [-0.05, 0) is 38.0 Å². The molecule has 0 aromatic heterocycles. The van der Waals surface area contributed by atoms with E-state index < -0.39 is 5.82 Å². The van der Waals surface area contributed by atoms with Crippen LogP contribution in [0.4, 0.5) is 14.9 Å². The number of carbonyl (C=O) groups is 3. The summed E-state index contributed by atoms with van der Waals surface area (Å²) in [4.78, 5) is 39.6. The lowest BCUT2D eigenvalue weighted by Gasteiger charge is -2.31. The second-order valence-corrected chi connectivity index (χ2v) is 6.85. The molecule has 0 unspecified atom stereocenters. The van der Waals surface area contributed by atoms with Crippen LogP contribution in [0.2, 0.25) is 0 Å². The highest BCUT2D eigenvalue weighted by Crippen LogP contribution is 2.23. The van der Waals surface area contributed by atoms with E-state index in [1.807, 2.05) is 0 Å². The van der Waals surface area contributed by atoms with Crippen LogP contribution in [0.15, 0.2) is 24.3 Å². The normalized spacial score (nSPS) is 20.7. The number of likely N-dealkylation sites (tertiary alicyclic amines) is 1. The number of carbonyl (C=O) groups excluding carboxylic acids is 3. The second kappa shape index (κ2) is 8.37. The molecular weight excluding hydrogens is 353 g/mol. The molecule has 0 radical (unpaired) electrons. The van der Waals surface area contributed by atoms with Gasteiger partial charge in [0, 0.05) is 31.7 Å². The van der Waals surface area contributed by atoms with Gasteiger partial charge in [0.2, 0.25) is 5.91 Å². The van der Waals surface area contributed by atoms with Gasteiger partial charge in [-0.25, -0.2) is 9.18 Å². The molecule has 2 aliphatic rings. The minimum absolute atomic E-state index is 0.146. The number of benzene rings is 1. The highest BCUT2D eigenvalue weighted by Gasteiger charge is 2.34. The summed E-state index contributed by atoms with van der Waals surface area (Å²) in [6.45, 7) is 3.40. The zero-order valence-corrected chi connectivity index (χ0v) is 15.3. The molecular formula is C19H24FN3O4. The number of halogens is 1. The smallest absolute Gasteiger partial charge is 0.317 e. The summed E-state index contributed by atoms with van der Waals surface area (Å²) in [5.41, 5.74) is 0.493. The van der Waals surface area contributed by atoms with Gasteiger partial charge in [-0.1, -0.05) is 6.07 Å². The number of esters is 1. The molecule has 7 nitrogen and oxygen atoms in total.